The molecule has 0 aliphatic carbocycles. The number of Topliss-reactive ketones (excluding diaryl/α,β-unsaturated/α-hetero) is 1. The van der Waals surface area contributed by atoms with E-state index in [0.29, 0.717) is 0 Å². The lowest BCUT2D eigenvalue weighted by molar-refractivity contribution is -0.171. The Hall–Kier alpha value is -1.06. The van der Waals surface area contributed by atoms with Crippen molar-refractivity contribution in [1.29, 1.82) is 0 Å². The highest BCUT2D eigenvalue weighted by atomic mass is 16.4. The molecular weight excluding hydrogens is 198 g/mol. The molecule has 3 atom stereocenters. The molecule has 0 spiro atoms. The number of nitrogens with two attached hydrogens (primary N) is 1. The second-order valence-electron chi connectivity index (χ2n) is 2.63. The second-order valence-corrected chi connectivity index (χ2v) is 2.63. The summed E-state index contributed by atoms with van der Waals surface area (Å²) >= 11 is 0. The van der Waals surface area contributed by atoms with Crippen molar-refractivity contribution in [1.82, 2.24) is 0 Å². The van der Waals surface area contributed by atoms with Crippen molar-refractivity contribution in [2.45, 2.75) is 17.9 Å². The summed E-state index contributed by atoms with van der Waals surface area (Å²) in [6.07, 6.45) is -4.15. The van der Waals surface area contributed by atoms with Gasteiger partial charge >= 0.3 is 5.97 Å². The Labute approximate surface area is 78.2 Å². The predicted octanol–water partition coefficient (Wildman–Crippen LogP) is -4.00. The molecule has 0 saturated heterocycles. The maximum absolute atomic E-state index is 10.9. The molecular formula is C6H11NO7. The molecule has 0 amide bonds. The van der Waals surface area contributed by atoms with Gasteiger partial charge in [-0.3, -0.25) is 10.5 Å². The van der Waals surface area contributed by atoms with Gasteiger partial charge in [-0.1, -0.05) is 0 Å². The molecule has 0 bridgehead atoms. The summed E-state index contributed by atoms with van der Waals surface area (Å²) in [4.78, 5) is 21.2. The minimum absolute atomic E-state index is 0.970. The van der Waals surface area contributed by atoms with Crippen molar-refractivity contribution < 1.29 is 35.1 Å². The Balaban J connectivity index is 4.70. The van der Waals surface area contributed by atoms with E-state index in [0.717, 1.165) is 0 Å². The first-order chi connectivity index (χ1) is 6.25. The van der Waals surface area contributed by atoms with Crippen LogP contribution in [0.25, 0.3) is 0 Å². The SMILES string of the molecule is NC(O)(C(=O)O)C(=O)C(O)C(O)CO. The number of carbonyl (C=O) groups excluding carboxylic acids is 1. The van der Waals surface area contributed by atoms with Crippen LogP contribution in [0.1, 0.15) is 0 Å². The van der Waals surface area contributed by atoms with Crippen molar-refractivity contribution in [2.24, 2.45) is 5.73 Å². The maximum atomic E-state index is 10.9. The molecule has 3 unspecified atom stereocenters. The Morgan fingerprint density at radius 3 is 2.07 bits per heavy atom. The number of aliphatic hydroxyl groups excluding tert-OH is 3. The molecule has 0 aromatic carbocycles. The van der Waals surface area contributed by atoms with Crippen molar-refractivity contribution in [3.63, 3.8) is 0 Å². The van der Waals surface area contributed by atoms with E-state index in [2.05, 4.69) is 5.73 Å². The lowest BCUT2D eigenvalue weighted by atomic mass is 10.0. The molecule has 0 aromatic heterocycles. The lowest BCUT2D eigenvalue weighted by Crippen LogP contribution is -2.60. The molecule has 0 aromatic rings. The summed E-state index contributed by atoms with van der Waals surface area (Å²) in [6, 6.07) is 0. The molecule has 0 fully saturated rings. The molecule has 8 heteroatoms. The minimum atomic E-state index is -3.28. The first-order valence-corrected chi connectivity index (χ1v) is 3.51. The fourth-order valence-corrected chi connectivity index (χ4v) is 0.605. The normalized spacial score (nSPS) is 19.5. The summed E-state index contributed by atoms with van der Waals surface area (Å²) in [7, 11) is 0. The van der Waals surface area contributed by atoms with E-state index in [1.54, 1.807) is 0 Å². The molecule has 0 rings (SSSR count). The van der Waals surface area contributed by atoms with Crippen LogP contribution in [-0.2, 0) is 9.59 Å². The van der Waals surface area contributed by atoms with Crippen LogP contribution in [0.5, 0.6) is 0 Å². The minimum Gasteiger partial charge on any atom is -0.478 e. The van der Waals surface area contributed by atoms with Gasteiger partial charge in [0, 0.05) is 0 Å². The Bertz CT molecular complexity index is 238. The first kappa shape index (κ1) is 12.9. The smallest absolute Gasteiger partial charge is 0.359 e. The maximum Gasteiger partial charge on any atom is 0.359 e. The highest BCUT2D eigenvalue weighted by Crippen LogP contribution is 2.05. The van der Waals surface area contributed by atoms with E-state index in [1.807, 2.05) is 0 Å². The predicted molar refractivity (Wildman–Crippen MR) is 40.9 cm³/mol. The van der Waals surface area contributed by atoms with E-state index in [1.165, 1.54) is 0 Å². The fourth-order valence-electron chi connectivity index (χ4n) is 0.605. The van der Waals surface area contributed by atoms with Crippen molar-refractivity contribution >= 4 is 11.8 Å². The van der Waals surface area contributed by atoms with Gasteiger partial charge in [-0.2, -0.15) is 0 Å². The van der Waals surface area contributed by atoms with Crippen LogP contribution in [-0.4, -0.2) is 61.8 Å². The molecule has 82 valence electrons. The Kier molecular flexibility index (Phi) is 4.10. The van der Waals surface area contributed by atoms with Gasteiger partial charge in [-0.05, 0) is 0 Å². The quantitative estimate of drug-likeness (QED) is 0.197. The van der Waals surface area contributed by atoms with Crippen molar-refractivity contribution in [3.8, 4) is 0 Å². The molecule has 0 heterocycles. The van der Waals surface area contributed by atoms with Crippen LogP contribution in [0.4, 0.5) is 0 Å². The average Bonchev–Trinajstić information content (AvgIpc) is 2.13. The van der Waals surface area contributed by atoms with Crippen LogP contribution >= 0.6 is 0 Å². The van der Waals surface area contributed by atoms with Gasteiger partial charge in [0.1, 0.15) is 12.2 Å². The number of hydrogen-bond donors (Lipinski definition) is 6. The number of carboxylic acid groups (broad SMARTS) is 1. The average molecular weight is 209 g/mol. The molecule has 0 aliphatic heterocycles. The number of aliphatic hydroxyl groups is 4. The summed E-state index contributed by atoms with van der Waals surface area (Å²) in [5.74, 6) is -3.77. The molecule has 0 radical (unpaired) electrons. The van der Waals surface area contributed by atoms with Crippen LogP contribution in [0.3, 0.4) is 0 Å². The fraction of sp³-hybridized carbons (Fsp3) is 0.667. The second kappa shape index (κ2) is 4.44. The molecule has 8 nitrogen and oxygen atoms in total. The number of carboxylic acids is 1. The van der Waals surface area contributed by atoms with Gasteiger partial charge < -0.3 is 25.5 Å². The largest absolute Gasteiger partial charge is 0.478 e. The Morgan fingerprint density at radius 1 is 1.36 bits per heavy atom. The van der Waals surface area contributed by atoms with E-state index < -0.39 is 36.3 Å². The Morgan fingerprint density at radius 2 is 1.79 bits per heavy atom. The van der Waals surface area contributed by atoms with Gasteiger partial charge in [-0.25, -0.2) is 4.79 Å². The van der Waals surface area contributed by atoms with Crippen LogP contribution < -0.4 is 5.73 Å². The zero-order valence-corrected chi connectivity index (χ0v) is 6.99. The number of aliphatic carboxylic acids is 1. The third-order valence-electron chi connectivity index (χ3n) is 1.52. The molecule has 0 saturated carbocycles. The van der Waals surface area contributed by atoms with E-state index in [9.17, 15) is 9.59 Å². The summed E-state index contributed by atoms with van der Waals surface area (Å²) < 4.78 is 0. The summed E-state index contributed by atoms with van der Waals surface area (Å²) in [6.45, 7) is -0.970. The third kappa shape index (κ3) is 2.47. The van der Waals surface area contributed by atoms with E-state index in [4.69, 9.17) is 25.5 Å². The monoisotopic (exact) mass is 209 g/mol. The van der Waals surface area contributed by atoms with Gasteiger partial charge in [0.15, 0.2) is 0 Å². The zero-order valence-electron chi connectivity index (χ0n) is 6.99. The number of rotatable bonds is 5. The summed E-state index contributed by atoms with van der Waals surface area (Å²) in [5.41, 5.74) is 1.37. The summed E-state index contributed by atoms with van der Waals surface area (Å²) in [5, 5.41) is 43.1. The van der Waals surface area contributed by atoms with E-state index in [-0.39, 0.29) is 0 Å². The van der Waals surface area contributed by atoms with Crippen molar-refractivity contribution in [2.75, 3.05) is 6.61 Å². The molecule has 7 N–H and O–H groups in total. The van der Waals surface area contributed by atoms with Crippen LogP contribution in [0.15, 0.2) is 0 Å². The van der Waals surface area contributed by atoms with Gasteiger partial charge in [-0.15, -0.1) is 0 Å². The van der Waals surface area contributed by atoms with E-state index >= 15 is 0 Å². The number of ketones is 1. The molecule has 0 aliphatic rings. The highest BCUT2D eigenvalue weighted by molar-refractivity contribution is 6.07. The van der Waals surface area contributed by atoms with Gasteiger partial charge in [0.25, 0.3) is 5.72 Å². The first-order valence-electron chi connectivity index (χ1n) is 3.51. The highest BCUT2D eigenvalue weighted by Gasteiger charge is 2.45. The standard InChI is InChI=1S/C6H11NO7/c7-6(14,5(12)13)4(11)3(10)2(9)1-8/h2-3,8-10,14H,1,7H2,(H,12,13). The lowest BCUT2D eigenvalue weighted by Gasteiger charge is -2.21. The van der Waals surface area contributed by atoms with Gasteiger partial charge in [0.2, 0.25) is 5.78 Å². The van der Waals surface area contributed by atoms with Crippen LogP contribution in [0.2, 0.25) is 0 Å². The topological polar surface area (TPSA) is 161 Å². The molecule has 14 heavy (non-hydrogen) atoms. The third-order valence-corrected chi connectivity index (χ3v) is 1.52. The van der Waals surface area contributed by atoms with Crippen molar-refractivity contribution in [3.05, 3.63) is 0 Å². The zero-order chi connectivity index (χ0) is 11.5. The van der Waals surface area contributed by atoms with Gasteiger partial charge in [0.05, 0.1) is 6.61 Å². The number of carbonyl (C=O) groups is 2. The van der Waals surface area contributed by atoms with Crippen LogP contribution in [0, 0.1) is 0 Å². The number of hydrogen-bond acceptors (Lipinski definition) is 7.